The van der Waals surface area contributed by atoms with Crippen molar-refractivity contribution in [3.8, 4) is 5.75 Å². The Morgan fingerprint density at radius 2 is 1.66 bits per heavy atom. The number of alkyl halides is 2. The standard InChI is InChI=1S/C23H34F4OSi/c1-2-3-7-12-29-13-8-17(9-14-29)23(10-5-4-6-11-23)18-15-19(24)21(20(25)16-18)28-22(26)27/h15-17,22,29H,2-14H2,1H3/t17-,29-. The zero-order valence-electron chi connectivity index (χ0n) is 17.5. The molecule has 1 heterocycles. The van der Waals surface area contributed by atoms with Crippen LogP contribution in [0.2, 0.25) is 18.1 Å². The molecule has 1 aliphatic heterocycles. The van der Waals surface area contributed by atoms with Gasteiger partial charge < -0.3 is 4.74 Å². The van der Waals surface area contributed by atoms with Crippen LogP contribution in [0.4, 0.5) is 17.6 Å². The molecule has 1 nitrogen and oxygen atoms in total. The van der Waals surface area contributed by atoms with Crippen molar-refractivity contribution in [2.75, 3.05) is 0 Å². The molecule has 2 fully saturated rings. The van der Waals surface area contributed by atoms with E-state index in [0.717, 1.165) is 44.9 Å². The lowest BCUT2D eigenvalue weighted by Crippen LogP contribution is -2.40. The normalized spacial score (nSPS) is 24.6. The maximum Gasteiger partial charge on any atom is 0.387 e. The second-order valence-electron chi connectivity index (χ2n) is 9.08. The summed E-state index contributed by atoms with van der Waals surface area (Å²) < 4.78 is 58.1. The Kier molecular flexibility index (Phi) is 8.05. The molecule has 6 heteroatoms. The average molecular weight is 431 g/mol. The summed E-state index contributed by atoms with van der Waals surface area (Å²) >= 11 is 0. The number of ether oxygens (including phenoxy) is 1. The van der Waals surface area contributed by atoms with E-state index in [1.165, 1.54) is 49.5 Å². The van der Waals surface area contributed by atoms with Crippen LogP contribution in [-0.2, 0) is 5.41 Å². The van der Waals surface area contributed by atoms with Crippen molar-refractivity contribution in [2.45, 2.75) is 101 Å². The van der Waals surface area contributed by atoms with Crippen molar-refractivity contribution in [3.05, 3.63) is 29.3 Å². The van der Waals surface area contributed by atoms with Crippen LogP contribution in [0.5, 0.6) is 5.75 Å². The molecule has 1 aromatic rings. The number of hydrogen-bond donors (Lipinski definition) is 0. The highest BCUT2D eigenvalue weighted by molar-refractivity contribution is 6.58. The lowest BCUT2D eigenvalue weighted by atomic mass is 9.60. The van der Waals surface area contributed by atoms with Gasteiger partial charge in [-0.3, -0.25) is 0 Å². The third-order valence-electron chi connectivity index (χ3n) is 7.37. The smallest absolute Gasteiger partial charge is 0.387 e. The first-order chi connectivity index (χ1) is 14.0. The number of halogens is 4. The largest absolute Gasteiger partial charge is 0.429 e. The topological polar surface area (TPSA) is 9.23 Å². The van der Waals surface area contributed by atoms with E-state index < -0.39 is 32.8 Å². The van der Waals surface area contributed by atoms with Gasteiger partial charge in [0.2, 0.25) is 0 Å². The Morgan fingerprint density at radius 1 is 1.03 bits per heavy atom. The fraction of sp³-hybridized carbons (Fsp3) is 0.739. The molecule has 0 unspecified atom stereocenters. The van der Waals surface area contributed by atoms with Gasteiger partial charge in [0.05, 0.1) is 0 Å². The molecule has 2 aliphatic rings. The summed E-state index contributed by atoms with van der Waals surface area (Å²) in [6.07, 6.45) is 11.4. The molecule has 1 saturated carbocycles. The van der Waals surface area contributed by atoms with Gasteiger partial charge in [0, 0.05) is 8.80 Å². The van der Waals surface area contributed by atoms with Crippen molar-refractivity contribution in [2.24, 2.45) is 5.92 Å². The number of benzene rings is 1. The molecule has 29 heavy (non-hydrogen) atoms. The fourth-order valence-electron chi connectivity index (χ4n) is 5.85. The van der Waals surface area contributed by atoms with E-state index >= 15 is 0 Å². The van der Waals surface area contributed by atoms with Crippen LogP contribution >= 0.6 is 0 Å². The minimum atomic E-state index is -3.23. The lowest BCUT2D eigenvalue weighted by molar-refractivity contribution is -0.0547. The van der Waals surface area contributed by atoms with E-state index in [1.54, 1.807) is 0 Å². The number of hydrogen-bond acceptors (Lipinski definition) is 1. The van der Waals surface area contributed by atoms with Crippen LogP contribution in [0.3, 0.4) is 0 Å². The van der Waals surface area contributed by atoms with E-state index in [-0.39, 0.29) is 5.41 Å². The average Bonchev–Trinajstić information content (AvgIpc) is 2.71. The van der Waals surface area contributed by atoms with Crippen molar-refractivity contribution < 1.29 is 22.3 Å². The highest BCUT2D eigenvalue weighted by Gasteiger charge is 2.43. The zero-order chi connectivity index (χ0) is 20.9. The summed E-state index contributed by atoms with van der Waals surface area (Å²) in [5.74, 6) is -2.53. The zero-order valence-corrected chi connectivity index (χ0v) is 18.7. The molecule has 0 atom stereocenters. The van der Waals surface area contributed by atoms with E-state index in [1.807, 2.05) is 0 Å². The van der Waals surface area contributed by atoms with Gasteiger partial charge in [0.15, 0.2) is 17.4 Å². The van der Waals surface area contributed by atoms with E-state index in [0.29, 0.717) is 11.5 Å². The quantitative estimate of drug-likeness (QED) is 0.234. The molecule has 0 bridgehead atoms. The number of rotatable bonds is 8. The van der Waals surface area contributed by atoms with Gasteiger partial charge in [0.25, 0.3) is 0 Å². The summed E-state index contributed by atoms with van der Waals surface area (Å²) in [6.45, 7) is -0.998. The molecule has 1 saturated heterocycles. The first-order valence-corrected chi connectivity index (χ1v) is 13.9. The third kappa shape index (κ3) is 5.36. The summed E-state index contributed by atoms with van der Waals surface area (Å²) in [7, 11) is -0.671. The molecule has 0 amide bonds. The monoisotopic (exact) mass is 430 g/mol. The molecule has 1 aromatic carbocycles. The van der Waals surface area contributed by atoms with Crippen LogP contribution in [0.25, 0.3) is 0 Å². The predicted octanol–water partition coefficient (Wildman–Crippen LogP) is 7.60. The minimum Gasteiger partial charge on any atom is -0.429 e. The summed E-state index contributed by atoms with van der Waals surface area (Å²) in [4.78, 5) is 0. The van der Waals surface area contributed by atoms with Gasteiger partial charge in [0.1, 0.15) is 0 Å². The Hall–Kier alpha value is -1.04. The van der Waals surface area contributed by atoms with Gasteiger partial charge >= 0.3 is 6.61 Å². The second kappa shape index (κ2) is 10.3. The number of unbranched alkanes of at least 4 members (excludes halogenated alkanes) is 2. The lowest BCUT2D eigenvalue weighted by Gasteiger charge is -2.47. The van der Waals surface area contributed by atoms with Crippen LogP contribution < -0.4 is 4.74 Å². The molecular weight excluding hydrogens is 396 g/mol. The first kappa shape index (κ1) is 22.6. The van der Waals surface area contributed by atoms with Gasteiger partial charge in [-0.05, 0) is 41.9 Å². The summed E-state index contributed by atoms with van der Waals surface area (Å²) in [5, 5.41) is 0. The van der Waals surface area contributed by atoms with Crippen LogP contribution in [-0.4, -0.2) is 15.4 Å². The van der Waals surface area contributed by atoms with Crippen molar-refractivity contribution >= 4 is 8.80 Å². The SMILES string of the molecule is CCCCC[Si@H]1CC[C@H](C2(c3cc(F)c(OC(F)F)c(F)c3)CCCCC2)CC1. The third-order valence-corrected chi connectivity index (χ3v) is 10.9. The van der Waals surface area contributed by atoms with Gasteiger partial charge in [-0.15, -0.1) is 0 Å². The molecule has 0 aromatic heterocycles. The van der Waals surface area contributed by atoms with Gasteiger partial charge in [-0.2, -0.15) is 8.78 Å². The first-order valence-electron chi connectivity index (χ1n) is 11.4. The van der Waals surface area contributed by atoms with Crippen molar-refractivity contribution in [1.82, 2.24) is 0 Å². The molecule has 0 N–H and O–H groups in total. The Labute approximate surface area is 173 Å². The molecule has 0 radical (unpaired) electrons. The highest BCUT2D eigenvalue weighted by Crippen LogP contribution is 2.51. The summed E-state index contributed by atoms with van der Waals surface area (Å²) in [5.41, 5.74) is 0.441. The fourth-order valence-corrected chi connectivity index (χ4v) is 9.33. The molecule has 1 aliphatic carbocycles. The molecule has 0 spiro atoms. The van der Waals surface area contributed by atoms with Crippen molar-refractivity contribution in [3.63, 3.8) is 0 Å². The minimum absolute atomic E-state index is 0.216. The Bertz CT molecular complexity index is 629. The maximum absolute atomic E-state index is 14.5. The summed E-state index contributed by atoms with van der Waals surface area (Å²) in [6, 6.07) is 6.63. The Balaban J connectivity index is 1.79. The second-order valence-corrected chi connectivity index (χ2v) is 12.5. The highest BCUT2D eigenvalue weighted by atomic mass is 28.3. The van der Waals surface area contributed by atoms with E-state index in [9.17, 15) is 17.6 Å². The van der Waals surface area contributed by atoms with E-state index in [4.69, 9.17) is 0 Å². The maximum atomic E-state index is 14.5. The molecule has 3 rings (SSSR count). The van der Waals surface area contributed by atoms with Gasteiger partial charge in [-0.25, -0.2) is 8.78 Å². The molecule has 164 valence electrons. The molecular formula is C23H34F4OSi. The van der Waals surface area contributed by atoms with Gasteiger partial charge in [-0.1, -0.05) is 76.4 Å². The van der Waals surface area contributed by atoms with E-state index in [2.05, 4.69) is 11.7 Å². The van der Waals surface area contributed by atoms with Crippen LogP contribution in [0.1, 0.15) is 76.7 Å². The van der Waals surface area contributed by atoms with Crippen LogP contribution in [0, 0.1) is 17.6 Å². The van der Waals surface area contributed by atoms with Crippen LogP contribution in [0.15, 0.2) is 12.1 Å². The van der Waals surface area contributed by atoms with Crippen molar-refractivity contribution in [1.29, 1.82) is 0 Å². The Morgan fingerprint density at radius 3 is 2.21 bits per heavy atom. The predicted molar refractivity (Wildman–Crippen MR) is 112 cm³/mol.